The molecule has 1 N–H and O–H groups in total. The highest BCUT2D eigenvalue weighted by Crippen LogP contribution is 2.30. The maximum Gasteiger partial charge on any atom is 0.131 e. The van der Waals surface area contributed by atoms with Gasteiger partial charge in [0.25, 0.3) is 0 Å². The lowest BCUT2D eigenvalue weighted by atomic mass is 10.0. The topological polar surface area (TPSA) is 36.4 Å². The molecule has 4 heteroatoms. The average molecular weight is 285 g/mol. The summed E-state index contributed by atoms with van der Waals surface area (Å²) in [5.41, 5.74) is 1.15. The van der Waals surface area contributed by atoms with Crippen LogP contribution in [0, 0.1) is 12.8 Å². The van der Waals surface area contributed by atoms with Crippen molar-refractivity contribution in [3.63, 3.8) is 0 Å². The van der Waals surface area contributed by atoms with Gasteiger partial charge in [0, 0.05) is 17.2 Å². The predicted octanol–water partition coefficient (Wildman–Crippen LogP) is 2.36. The molecule has 1 aromatic rings. The number of aromatic nitrogens is 1. The summed E-state index contributed by atoms with van der Waals surface area (Å²) in [6, 6.07) is 2.28. The maximum absolute atomic E-state index is 9.43. The summed E-state index contributed by atoms with van der Waals surface area (Å²) in [6.07, 6.45) is 2.95. The van der Waals surface area contributed by atoms with E-state index in [0.29, 0.717) is 5.92 Å². The van der Waals surface area contributed by atoms with E-state index in [9.17, 15) is 5.11 Å². The number of rotatable bonds is 2. The maximum atomic E-state index is 9.43. The molecule has 0 spiro atoms. The summed E-state index contributed by atoms with van der Waals surface area (Å²) in [5.74, 6) is 1.54. The molecule has 2 rings (SSSR count). The first-order valence-electron chi connectivity index (χ1n) is 5.63. The van der Waals surface area contributed by atoms with E-state index in [2.05, 4.69) is 45.7 Å². The molecular weight excluding hydrogens is 268 g/mol. The molecule has 16 heavy (non-hydrogen) atoms. The van der Waals surface area contributed by atoms with Crippen LogP contribution in [-0.2, 0) is 0 Å². The standard InChI is InChI=1S/C12H17BrN2O/c1-8-3-4-15(11(8)7-16)12-9(2)5-10(13)6-14-12/h5-6,8,11,16H,3-4,7H2,1-2H3. The molecule has 2 heterocycles. The number of aliphatic hydroxyl groups excluding tert-OH is 1. The second kappa shape index (κ2) is 4.72. The molecular formula is C12H17BrN2O. The Morgan fingerprint density at radius 1 is 1.62 bits per heavy atom. The van der Waals surface area contributed by atoms with Crippen molar-refractivity contribution in [3.05, 3.63) is 22.3 Å². The van der Waals surface area contributed by atoms with E-state index in [0.717, 1.165) is 28.8 Å². The van der Waals surface area contributed by atoms with Crippen LogP contribution in [0.15, 0.2) is 16.7 Å². The van der Waals surface area contributed by atoms with Gasteiger partial charge in [-0.2, -0.15) is 0 Å². The summed E-state index contributed by atoms with van der Waals surface area (Å²) in [7, 11) is 0. The quantitative estimate of drug-likeness (QED) is 0.906. The smallest absolute Gasteiger partial charge is 0.131 e. The van der Waals surface area contributed by atoms with Gasteiger partial charge in [-0.3, -0.25) is 0 Å². The molecule has 1 aliphatic rings. The van der Waals surface area contributed by atoms with Crippen LogP contribution < -0.4 is 4.90 Å². The predicted molar refractivity (Wildman–Crippen MR) is 68.7 cm³/mol. The zero-order valence-corrected chi connectivity index (χ0v) is 11.2. The van der Waals surface area contributed by atoms with Gasteiger partial charge in [0.2, 0.25) is 0 Å². The van der Waals surface area contributed by atoms with Crippen LogP contribution in [-0.4, -0.2) is 29.3 Å². The number of nitrogens with zero attached hydrogens (tertiary/aromatic N) is 2. The number of anilines is 1. The lowest BCUT2D eigenvalue weighted by molar-refractivity contribution is 0.244. The Kier molecular flexibility index (Phi) is 3.50. The summed E-state index contributed by atoms with van der Waals surface area (Å²) >= 11 is 3.42. The third kappa shape index (κ3) is 2.09. The van der Waals surface area contributed by atoms with Crippen LogP contribution in [0.3, 0.4) is 0 Å². The van der Waals surface area contributed by atoms with Crippen LogP contribution >= 0.6 is 15.9 Å². The number of aryl methyl sites for hydroxylation is 1. The third-order valence-corrected chi connectivity index (χ3v) is 3.79. The highest BCUT2D eigenvalue weighted by Gasteiger charge is 2.31. The van der Waals surface area contributed by atoms with Gasteiger partial charge in [0.05, 0.1) is 12.6 Å². The van der Waals surface area contributed by atoms with Crippen molar-refractivity contribution in [3.8, 4) is 0 Å². The molecule has 1 aromatic heterocycles. The lowest BCUT2D eigenvalue weighted by Crippen LogP contribution is -2.36. The largest absolute Gasteiger partial charge is 0.394 e. The van der Waals surface area contributed by atoms with Crippen molar-refractivity contribution in [1.82, 2.24) is 4.98 Å². The molecule has 0 amide bonds. The van der Waals surface area contributed by atoms with E-state index >= 15 is 0 Å². The highest BCUT2D eigenvalue weighted by atomic mass is 79.9. The van der Waals surface area contributed by atoms with Crippen LogP contribution in [0.4, 0.5) is 5.82 Å². The van der Waals surface area contributed by atoms with Gasteiger partial charge in [-0.15, -0.1) is 0 Å². The van der Waals surface area contributed by atoms with Gasteiger partial charge < -0.3 is 10.0 Å². The first-order valence-corrected chi connectivity index (χ1v) is 6.42. The number of hydrogen-bond donors (Lipinski definition) is 1. The molecule has 2 unspecified atom stereocenters. The minimum Gasteiger partial charge on any atom is -0.394 e. The molecule has 0 bridgehead atoms. The Labute approximate surface area is 105 Å². The van der Waals surface area contributed by atoms with Crippen molar-refractivity contribution < 1.29 is 5.11 Å². The number of pyridine rings is 1. The minimum absolute atomic E-state index is 0.207. The van der Waals surface area contributed by atoms with Gasteiger partial charge in [-0.1, -0.05) is 6.92 Å². The average Bonchev–Trinajstić information content (AvgIpc) is 2.59. The van der Waals surface area contributed by atoms with Crippen molar-refractivity contribution in [2.75, 3.05) is 18.1 Å². The fourth-order valence-corrected chi connectivity index (χ4v) is 2.83. The Bertz CT molecular complexity index is 383. The Morgan fingerprint density at radius 2 is 2.38 bits per heavy atom. The molecule has 0 saturated carbocycles. The zero-order chi connectivity index (χ0) is 11.7. The van der Waals surface area contributed by atoms with Gasteiger partial charge in [0.15, 0.2) is 0 Å². The number of halogens is 1. The van der Waals surface area contributed by atoms with Crippen molar-refractivity contribution >= 4 is 21.7 Å². The SMILES string of the molecule is Cc1cc(Br)cnc1N1CCC(C)C1CO. The van der Waals surface area contributed by atoms with Crippen molar-refractivity contribution in [1.29, 1.82) is 0 Å². The summed E-state index contributed by atoms with van der Waals surface area (Å²) in [6.45, 7) is 5.44. The number of aliphatic hydroxyl groups is 1. The third-order valence-electron chi connectivity index (χ3n) is 3.36. The zero-order valence-electron chi connectivity index (χ0n) is 9.65. The van der Waals surface area contributed by atoms with Crippen LogP contribution in [0.5, 0.6) is 0 Å². The highest BCUT2D eigenvalue weighted by molar-refractivity contribution is 9.10. The fourth-order valence-electron chi connectivity index (χ4n) is 2.38. The summed E-state index contributed by atoms with van der Waals surface area (Å²) < 4.78 is 1.00. The van der Waals surface area contributed by atoms with Crippen LogP contribution in [0.1, 0.15) is 18.9 Å². The Morgan fingerprint density at radius 3 is 3.00 bits per heavy atom. The first kappa shape index (κ1) is 11.9. The molecule has 3 nitrogen and oxygen atoms in total. The first-order chi connectivity index (χ1) is 7.63. The Hall–Kier alpha value is -0.610. The fraction of sp³-hybridized carbons (Fsp3) is 0.583. The molecule has 1 saturated heterocycles. The van der Waals surface area contributed by atoms with Crippen molar-refractivity contribution in [2.24, 2.45) is 5.92 Å². The van der Waals surface area contributed by atoms with E-state index < -0.39 is 0 Å². The van der Waals surface area contributed by atoms with Crippen LogP contribution in [0.2, 0.25) is 0 Å². The van der Waals surface area contributed by atoms with E-state index in [-0.39, 0.29) is 12.6 Å². The Balaban J connectivity index is 2.30. The molecule has 0 aromatic carbocycles. The van der Waals surface area contributed by atoms with E-state index in [1.54, 1.807) is 0 Å². The molecule has 88 valence electrons. The van der Waals surface area contributed by atoms with E-state index in [1.165, 1.54) is 0 Å². The second-order valence-electron chi connectivity index (χ2n) is 4.50. The number of hydrogen-bond acceptors (Lipinski definition) is 3. The van der Waals surface area contributed by atoms with Gasteiger partial charge in [-0.05, 0) is 46.8 Å². The summed E-state index contributed by atoms with van der Waals surface area (Å²) in [5, 5.41) is 9.43. The van der Waals surface area contributed by atoms with Crippen LogP contribution in [0.25, 0.3) is 0 Å². The molecule has 2 atom stereocenters. The van der Waals surface area contributed by atoms with Gasteiger partial charge >= 0.3 is 0 Å². The molecule has 0 aliphatic carbocycles. The van der Waals surface area contributed by atoms with Crippen molar-refractivity contribution in [2.45, 2.75) is 26.3 Å². The normalized spacial score (nSPS) is 25.1. The monoisotopic (exact) mass is 284 g/mol. The van der Waals surface area contributed by atoms with E-state index in [1.807, 2.05) is 6.20 Å². The minimum atomic E-state index is 0.207. The van der Waals surface area contributed by atoms with Gasteiger partial charge in [-0.25, -0.2) is 4.98 Å². The van der Waals surface area contributed by atoms with Gasteiger partial charge in [0.1, 0.15) is 5.82 Å². The second-order valence-corrected chi connectivity index (χ2v) is 5.42. The lowest BCUT2D eigenvalue weighted by Gasteiger charge is -2.27. The summed E-state index contributed by atoms with van der Waals surface area (Å²) in [4.78, 5) is 6.69. The molecule has 1 aliphatic heterocycles. The van der Waals surface area contributed by atoms with E-state index in [4.69, 9.17) is 0 Å². The molecule has 0 radical (unpaired) electrons. The molecule has 1 fully saturated rings.